The van der Waals surface area contributed by atoms with Gasteiger partial charge in [-0.05, 0) is 118 Å². The number of Topliss-reactive ketones (excluding diaryl/α,β-unsaturated/α-hetero) is 3. The van der Waals surface area contributed by atoms with E-state index in [0.717, 1.165) is 23.5 Å². The number of hydrogen-bond donors (Lipinski definition) is 2. The molecule has 3 aromatic carbocycles. The van der Waals surface area contributed by atoms with Crippen LogP contribution in [0.5, 0.6) is 34.5 Å². The molecule has 0 amide bonds. The van der Waals surface area contributed by atoms with E-state index in [4.69, 9.17) is 29.2 Å². The number of rotatable bonds is 11. The predicted molar refractivity (Wildman–Crippen MR) is 203 cm³/mol. The third-order valence-corrected chi connectivity index (χ3v) is 5.49. The summed E-state index contributed by atoms with van der Waals surface area (Å²) in [5, 5.41) is 17.9. The number of phenolic OH excluding ortho intramolecular Hbond substituents is 2. The third kappa shape index (κ3) is 20.1. The number of hydrogen-bond acceptors (Lipinski definition) is 9. The molecule has 50 heavy (non-hydrogen) atoms. The fourth-order valence-electron chi connectivity index (χ4n) is 3.80. The molecule has 0 aliphatic heterocycles. The lowest BCUT2D eigenvalue weighted by Crippen LogP contribution is -2.10. The highest BCUT2D eigenvalue weighted by molar-refractivity contribution is 5.98. The van der Waals surface area contributed by atoms with Crippen LogP contribution in [0.15, 0.2) is 54.6 Å². The molecule has 0 radical (unpaired) electrons. The Balaban J connectivity index is 0. The minimum atomic E-state index is -0.220. The van der Waals surface area contributed by atoms with Crippen molar-refractivity contribution in [2.24, 2.45) is 5.92 Å². The first-order chi connectivity index (χ1) is 22.6. The molecule has 0 spiro atoms. The van der Waals surface area contributed by atoms with Crippen molar-refractivity contribution >= 4 is 17.3 Å². The summed E-state index contributed by atoms with van der Waals surface area (Å²) in [6.07, 6.45) is 0.264. The summed E-state index contributed by atoms with van der Waals surface area (Å²) >= 11 is 0. The molecule has 2 N–H and O–H groups in total. The van der Waals surface area contributed by atoms with Crippen molar-refractivity contribution in [3.8, 4) is 34.5 Å². The molecule has 9 heteroatoms. The summed E-state index contributed by atoms with van der Waals surface area (Å²) in [6.45, 7) is 26.5. The van der Waals surface area contributed by atoms with E-state index in [2.05, 4.69) is 20.8 Å². The fourth-order valence-corrected chi connectivity index (χ4v) is 3.80. The second kappa shape index (κ2) is 23.8. The lowest BCUT2D eigenvalue weighted by molar-refractivity contribution is 0.0998. The highest BCUT2D eigenvalue weighted by atomic mass is 16.5. The number of ether oxygens (including phenoxy) is 4. The molecule has 3 rings (SSSR count). The van der Waals surface area contributed by atoms with Gasteiger partial charge in [0.05, 0.1) is 41.1 Å². The van der Waals surface area contributed by atoms with Gasteiger partial charge in [-0.15, -0.1) is 0 Å². The monoisotopic (exact) mass is 698 g/mol. The number of benzene rings is 3. The maximum Gasteiger partial charge on any atom is 0.163 e. The van der Waals surface area contributed by atoms with Gasteiger partial charge in [-0.25, -0.2) is 0 Å². The minimum absolute atomic E-state index is 0. The summed E-state index contributed by atoms with van der Waals surface area (Å²) in [7, 11) is 0. The first-order valence-corrected chi connectivity index (χ1v) is 16.6. The maximum atomic E-state index is 11.5. The molecular formula is C41H62O9. The molecule has 0 unspecified atom stereocenters. The molecule has 0 aromatic heterocycles. The normalized spacial score (nSPS) is 10.1. The average Bonchev–Trinajstić information content (AvgIpc) is 2.92. The molecule has 0 aliphatic rings. The van der Waals surface area contributed by atoms with E-state index in [1.807, 2.05) is 55.4 Å². The van der Waals surface area contributed by atoms with Crippen LogP contribution in [-0.4, -0.2) is 52.0 Å². The van der Waals surface area contributed by atoms with Gasteiger partial charge in [0, 0.05) is 18.2 Å². The Morgan fingerprint density at radius 3 is 1.04 bits per heavy atom. The molecule has 0 saturated heterocycles. The third-order valence-electron chi connectivity index (χ3n) is 5.49. The fraction of sp³-hybridized carbons (Fsp3) is 0.488. The van der Waals surface area contributed by atoms with Gasteiger partial charge in [-0.3, -0.25) is 14.4 Å². The molecule has 0 saturated carbocycles. The summed E-state index contributed by atoms with van der Waals surface area (Å²) in [4.78, 5) is 33.7. The van der Waals surface area contributed by atoms with Gasteiger partial charge in [0.2, 0.25) is 0 Å². The van der Waals surface area contributed by atoms with Crippen LogP contribution in [0.25, 0.3) is 0 Å². The molecule has 0 fully saturated rings. The zero-order chi connectivity index (χ0) is 38.0. The van der Waals surface area contributed by atoms with Crippen molar-refractivity contribution in [1.82, 2.24) is 0 Å². The van der Waals surface area contributed by atoms with Gasteiger partial charge >= 0.3 is 0 Å². The molecule has 3 aromatic rings. The Bertz CT molecular complexity index is 1390. The zero-order valence-corrected chi connectivity index (χ0v) is 31.8. The van der Waals surface area contributed by atoms with Crippen molar-refractivity contribution in [2.75, 3.05) is 0 Å². The zero-order valence-electron chi connectivity index (χ0n) is 31.8. The summed E-state index contributed by atoms with van der Waals surface area (Å²) in [5.74, 6) is 3.00. The van der Waals surface area contributed by atoms with Gasteiger partial charge in [-0.2, -0.15) is 0 Å². The van der Waals surface area contributed by atoms with E-state index in [9.17, 15) is 14.4 Å². The largest absolute Gasteiger partial charge is 0.508 e. The SMILES string of the molecule is C.CC(=O)c1ccc(O)cc1O.CC(=O)c1ccc(OC(C)C)cc1OC(C)C.CC(=O)c1ccc(OC(C)C)cc1OC(C)C.CC(C)C. The Morgan fingerprint density at radius 2 is 0.780 bits per heavy atom. The highest BCUT2D eigenvalue weighted by Gasteiger charge is 2.13. The molecular weight excluding hydrogens is 636 g/mol. The molecule has 0 heterocycles. The molecule has 0 atom stereocenters. The summed E-state index contributed by atoms with van der Waals surface area (Å²) in [6, 6.07) is 14.5. The van der Waals surface area contributed by atoms with E-state index in [0.29, 0.717) is 22.6 Å². The van der Waals surface area contributed by atoms with Crippen LogP contribution in [0, 0.1) is 5.92 Å². The van der Waals surface area contributed by atoms with Gasteiger partial charge in [0.1, 0.15) is 34.5 Å². The Morgan fingerprint density at radius 1 is 0.480 bits per heavy atom. The predicted octanol–water partition coefficient (Wildman–Crippen LogP) is 10.5. The second-order valence-corrected chi connectivity index (χ2v) is 13.1. The molecule has 280 valence electrons. The van der Waals surface area contributed by atoms with E-state index >= 15 is 0 Å². The Labute approximate surface area is 300 Å². The van der Waals surface area contributed by atoms with Crippen LogP contribution >= 0.6 is 0 Å². The Kier molecular flexibility index (Phi) is 22.6. The van der Waals surface area contributed by atoms with E-state index < -0.39 is 0 Å². The highest BCUT2D eigenvalue weighted by Crippen LogP contribution is 2.28. The number of aromatic hydroxyl groups is 2. The molecule has 0 aliphatic carbocycles. The molecule has 9 nitrogen and oxygen atoms in total. The van der Waals surface area contributed by atoms with Crippen LogP contribution in [0.3, 0.4) is 0 Å². The first kappa shape index (κ1) is 47.6. The maximum absolute atomic E-state index is 11.5. The smallest absolute Gasteiger partial charge is 0.163 e. The lowest BCUT2D eigenvalue weighted by Gasteiger charge is -2.16. The van der Waals surface area contributed by atoms with Crippen molar-refractivity contribution < 1.29 is 43.5 Å². The topological polar surface area (TPSA) is 129 Å². The van der Waals surface area contributed by atoms with Crippen LogP contribution in [-0.2, 0) is 0 Å². The van der Waals surface area contributed by atoms with Gasteiger partial charge in [0.15, 0.2) is 17.3 Å². The second-order valence-electron chi connectivity index (χ2n) is 13.1. The van der Waals surface area contributed by atoms with E-state index in [1.54, 1.807) is 36.4 Å². The standard InChI is InChI=1S/2C14H20O3.C8H8O3.C4H10.CH4/c2*1-9(2)16-12-6-7-13(11(5)15)14(8-12)17-10(3)4;1-5(9)7-3-2-6(10)4-8(7)11;1-4(2)3;/h2*6-10H,1-5H3;2-4,10-11H,1H3;4H,1-3H3;1H4. The van der Waals surface area contributed by atoms with Gasteiger partial charge in [-0.1, -0.05) is 28.2 Å². The number of carbonyl (C=O) groups is 3. The number of ketones is 3. The van der Waals surface area contributed by atoms with Crippen molar-refractivity contribution in [1.29, 1.82) is 0 Å². The Hall–Kier alpha value is -4.53. The van der Waals surface area contributed by atoms with Crippen molar-refractivity contribution in [3.63, 3.8) is 0 Å². The summed E-state index contributed by atoms with van der Waals surface area (Å²) < 4.78 is 22.4. The average molecular weight is 699 g/mol. The van der Waals surface area contributed by atoms with E-state index in [1.165, 1.54) is 32.9 Å². The van der Waals surface area contributed by atoms with Crippen LogP contribution < -0.4 is 18.9 Å². The number of carbonyl (C=O) groups excluding carboxylic acids is 3. The van der Waals surface area contributed by atoms with E-state index in [-0.39, 0.29) is 66.3 Å². The minimum Gasteiger partial charge on any atom is -0.508 e. The first-order valence-electron chi connectivity index (χ1n) is 16.6. The van der Waals surface area contributed by atoms with Crippen molar-refractivity contribution in [3.05, 3.63) is 71.3 Å². The van der Waals surface area contributed by atoms with Crippen molar-refractivity contribution in [2.45, 2.75) is 129 Å². The van der Waals surface area contributed by atoms with Crippen LogP contribution in [0.2, 0.25) is 0 Å². The van der Waals surface area contributed by atoms with Crippen LogP contribution in [0.1, 0.15) is 135 Å². The lowest BCUT2D eigenvalue weighted by atomic mass is 10.1. The van der Waals surface area contributed by atoms with Crippen LogP contribution in [0.4, 0.5) is 0 Å². The quantitative estimate of drug-likeness (QED) is 0.188. The summed E-state index contributed by atoms with van der Waals surface area (Å²) in [5.41, 5.74) is 1.41. The molecule has 0 bridgehead atoms. The number of phenols is 2. The van der Waals surface area contributed by atoms with Gasteiger partial charge in [0.25, 0.3) is 0 Å². The van der Waals surface area contributed by atoms with Gasteiger partial charge < -0.3 is 29.2 Å².